The summed E-state index contributed by atoms with van der Waals surface area (Å²) < 4.78 is 41.3. The van der Waals surface area contributed by atoms with Crippen LogP contribution >= 0.6 is 0 Å². The Morgan fingerprint density at radius 3 is 2.36 bits per heavy atom. The average molecular weight is 458 g/mol. The predicted molar refractivity (Wildman–Crippen MR) is 120 cm³/mol. The van der Waals surface area contributed by atoms with Crippen LogP contribution in [0, 0.1) is 13.8 Å². The minimum Gasteiger partial charge on any atom is -0.368 e. The molecule has 0 bridgehead atoms. The maximum absolute atomic E-state index is 13.2. The summed E-state index contributed by atoms with van der Waals surface area (Å²) in [6, 6.07) is 11.2. The first-order chi connectivity index (χ1) is 15.6. The molecule has 0 spiro atoms. The van der Waals surface area contributed by atoms with Crippen molar-refractivity contribution in [2.45, 2.75) is 33.4 Å². The van der Waals surface area contributed by atoms with Crippen molar-refractivity contribution in [1.82, 2.24) is 19.7 Å². The van der Waals surface area contributed by atoms with Gasteiger partial charge in [0.25, 0.3) is 0 Å². The highest BCUT2D eigenvalue weighted by atomic mass is 19.4. The van der Waals surface area contributed by atoms with Gasteiger partial charge in [-0.2, -0.15) is 18.3 Å². The summed E-state index contributed by atoms with van der Waals surface area (Å²) in [5.41, 5.74) is 3.21. The van der Waals surface area contributed by atoms with Gasteiger partial charge < -0.3 is 9.80 Å². The van der Waals surface area contributed by atoms with Crippen LogP contribution in [0.25, 0.3) is 5.82 Å². The van der Waals surface area contributed by atoms with Crippen molar-refractivity contribution in [3.05, 3.63) is 70.7 Å². The van der Waals surface area contributed by atoms with Gasteiger partial charge in [-0.25, -0.2) is 9.67 Å². The summed E-state index contributed by atoms with van der Waals surface area (Å²) in [7, 11) is 0. The Balaban J connectivity index is 1.69. The van der Waals surface area contributed by atoms with Crippen LogP contribution in [0.5, 0.6) is 0 Å². The number of hydrogen-bond donors (Lipinski definition) is 0. The molecule has 1 aromatic carbocycles. The van der Waals surface area contributed by atoms with Gasteiger partial charge in [0.05, 0.1) is 11.3 Å². The first-order valence-electron chi connectivity index (χ1n) is 10.8. The van der Waals surface area contributed by atoms with Crippen molar-refractivity contribution in [2.75, 3.05) is 31.1 Å². The SMILES string of the molecule is CC(=O)N1CCN(c2cc(Cc3cccc(C(F)(F)F)c3)nc(-n3nc(C)cc3C)c2)CC1. The van der Waals surface area contributed by atoms with Gasteiger partial charge in [-0.1, -0.05) is 18.2 Å². The fraction of sp³-hybridized carbons (Fsp3) is 0.375. The highest BCUT2D eigenvalue weighted by Gasteiger charge is 2.30. The van der Waals surface area contributed by atoms with Gasteiger partial charge in [0, 0.05) is 62.7 Å². The van der Waals surface area contributed by atoms with E-state index < -0.39 is 11.7 Å². The highest BCUT2D eigenvalue weighted by molar-refractivity contribution is 5.73. The second-order valence-corrected chi connectivity index (χ2v) is 8.38. The van der Waals surface area contributed by atoms with E-state index in [1.807, 2.05) is 36.9 Å². The van der Waals surface area contributed by atoms with Gasteiger partial charge in [0.2, 0.25) is 5.91 Å². The molecule has 0 N–H and O–H groups in total. The summed E-state index contributed by atoms with van der Waals surface area (Å²) in [6.45, 7) is 7.98. The Kier molecular flexibility index (Phi) is 6.14. The van der Waals surface area contributed by atoms with E-state index in [1.54, 1.807) is 17.7 Å². The molecule has 6 nitrogen and oxygen atoms in total. The molecule has 0 atom stereocenters. The lowest BCUT2D eigenvalue weighted by Gasteiger charge is -2.36. The van der Waals surface area contributed by atoms with E-state index in [1.165, 1.54) is 12.1 Å². The number of anilines is 1. The van der Waals surface area contributed by atoms with E-state index in [4.69, 9.17) is 4.98 Å². The van der Waals surface area contributed by atoms with Crippen molar-refractivity contribution in [3.63, 3.8) is 0 Å². The van der Waals surface area contributed by atoms with E-state index in [-0.39, 0.29) is 12.3 Å². The third-order valence-electron chi connectivity index (χ3n) is 5.81. The fourth-order valence-electron chi connectivity index (χ4n) is 4.15. The molecule has 1 aliphatic heterocycles. The van der Waals surface area contributed by atoms with Gasteiger partial charge in [-0.15, -0.1) is 0 Å². The Labute approximate surface area is 190 Å². The van der Waals surface area contributed by atoms with Gasteiger partial charge in [-0.05, 0) is 37.6 Å². The number of rotatable bonds is 4. The molecular weight excluding hydrogens is 431 g/mol. The third kappa shape index (κ3) is 5.18. The highest BCUT2D eigenvalue weighted by Crippen LogP contribution is 2.30. The molecule has 0 saturated carbocycles. The molecule has 1 amide bonds. The number of benzene rings is 1. The van der Waals surface area contributed by atoms with Crippen LogP contribution in [0.1, 0.15) is 35.1 Å². The number of amides is 1. The number of alkyl halides is 3. The lowest BCUT2D eigenvalue weighted by atomic mass is 10.1. The molecule has 33 heavy (non-hydrogen) atoms. The first-order valence-corrected chi connectivity index (χ1v) is 10.8. The maximum atomic E-state index is 13.2. The number of nitrogens with zero attached hydrogens (tertiary/aromatic N) is 5. The summed E-state index contributed by atoms with van der Waals surface area (Å²) in [6.07, 6.45) is -4.13. The largest absolute Gasteiger partial charge is 0.416 e. The van der Waals surface area contributed by atoms with E-state index in [0.29, 0.717) is 43.3 Å². The third-order valence-corrected chi connectivity index (χ3v) is 5.81. The normalized spacial score (nSPS) is 14.6. The number of carbonyl (C=O) groups is 1. The molecule has 9 heteroatoms. The second-order valence-electron chi connectivity index (χ2n) is 8.38. The second kappa shape index (κ2) is 8.88. The number of aryl methyl sites for hydroxylation is 2. The minimum absolute atomic E-state index is 0.0537. The summed E-state index contributed by atoms with van der Waals surface area (Å²) >= 11 is 0. The van der Waals surface area contributed by atoms with E-state index in [0.717, 1.165) is 23.1 Å². The van der Waals surface area contributed by atoms with E-state index >= 15 is 0 Å². The topological polar surface area (TPSA) is 54.3 Å². The van der Waals surface area contributed by atoms with Crippen molar-refractivity contribution in [3.8, 4) is 5.82 Å². The Morgan fingerprint density at radius 2 is 1.76 bits per heavy atom. The Bertz CT molecular complexity index is 1160. The fourth-order valence-corrected chi connectivity index (χ4v) is 4.15. The zero-order valence-electron chi connectivity index (χ0n) is 18.9. The molecule has 0 aliphatic carbocycles. The zero-order valence-corrected chi connectivity index (χ0v) is 18.9. The van der Waals surface area contributed by atoms with Crippen LogP contribution in [0.2, 0.25) is 0 Å². The van der Waals surface area contributed by atoms with Crippen LogP contribution in [0.4, 0.5) is 18.9 Å². The smallest absolute Gasteiger partial charge is 0.368 e. The van der Waals surface area contributed by atoms with E-state index in [9.17, 15) is 18.0 Å². The monoisotopic (exact) mass is 457 g/mol. The molecule has 1 aliphatic rings. The molecule has 4 rings (SSSR count). The minimum atomic E-state index is -4.39. The van der Waals surface area contributed by atoms with Crippen LogP contribution in [-0.4, -0.2) is 51.8 Å². The molecule has 2 aromatic heterocycles. The summed E-state index contributed by atoms with van der Waals surface area (Å²) in [4.78, 5) is 20.4. The van der Waals surface area contributed by atoms with Crippen LogP contribution in [0.3, 0.4) is 0 Å². The Morgan fingerprint density at radius 1 is 1.03 bits per heavy atom. The number of carbonyl (C=O) groups excluding carboxylic acids is 1. The molecule has 174 valence electrons. The van der Waals surface area contributed by atoms with Crippen molar-refractivity contribution in [2.24, 2.45) is 0 Å². The molecule has 0 unspecified atom stereocenters. The van der Waals surface area contributed by atoms with Gasteiger partial charge in [0.15, 0.2) is 5.82 Å². The number of pyridine rings is 1. The number of hydrogen-bond acceptors (Lipinski definition) is 4. The lowest BCUT2D eigenvalue weighted by Crippen LogP contribution is -2.48. The van der Waals surface area contributed by atoms with Crippen LogP contribution in [0.15, 0.2) is 42.5 Å². The molecule has 3 heterocycles. The first kappa shape index (κ1) is 22.8. The summed E-state index contributed by atoms with van der Waals surface area (Å²) in [5, 5.41) is 4.53. The number of halogens is 3. The van der Waals surface area contributed by atoms with Crippen LogP contribution in [-0.2, 0) is 17.4 Å². The van der Waals surface area contributed by atoms with Gasteiger partial charge in [-0.3, -0.25) is 4.79 Å². The number of piperazine rings is 1. The predicted octanol–water partition coefficient (Wildman–Crippen LogP) is 4.16. The van der Waals surface area contributed by atoms with Gasteiger partial charge >= 0.3 is 6.18 Å². The molecular formula is C24H26F3N5O. The van der Waals surface area contributed by atoms with Crippen molar-refractivity contribution >= 4 is 11.6 Å². The lowest BCUT2D eigenvalue weighted by molar-refractivity contribution is -0.137. The number of aromatic nitrogens is 3. The summed E-state index contributed by atoms with van der Waals surface area (Å²) in [5.74, 6) is 0.673. The van der Waals surface area contributed by atoms with Crippen molar-refractivity contribution < 1.29 is 18.0 Å². The van der Waals surface area contributed by atoms with Crippen LogP contribution < -0.4 is 4.90 Å². The average Bonchev–Trinajstić information content (AvgIpc) is 3.11. The molecule has 1 saturated heterocycles. The van der Waals surface area contributed by atoms with Crippen molar-refractivity contribution in [1.29, 1.82) is 0 Å². The Hall–Kier alpha value is -3.36. The molecule has 3 aromatic rings. The standard InChI is InChI=1S/C24H26F3N5O/c1-16-11-17(2)32(29-16)23-15-22(31-9-7-30(8-10-31)18(3)33)14-21(28-23)13-19-5-4-6-20(12-19)24(25,26)27/h4-6,11-12,14-15H,7-10,13H2,1-3H3. The van der Waals surface area contributed by atoms with Gasteiger partial charge in [0.1, 0.15) is 0 Å². The zero-order chi connectivity index (χ0) is 23.8. The van der Waals surface area contributed by atoms with E-state index in [2.05, 4.69) is 10.00 Å². The maximum Gasteiger partial charge on any atom is 0.416 e. The quantitative estimate of drug-likeness (QED) is 0.590. The molecule has 0 radical (unpaired) electrons. The molecule has 1 fully saturated rings.